The SMILES string of the molecule is COC(=O)C(=Cc1ccccc1Cn1ccc2c(Cl)cccc21)OC. The summed E-state index contributed by atoms with van der Waals surface area (Å²) >= 11 is 6.25. The molecule has 0 amide bonds. The molecular weight excluding hydrogens is 338 g/mol. The molecule has 0 spiro atoms. The van der Waals surface area contributed by atoms with Crippen molar-refractivity contribution in [2.24, 2.45) is 0 Å². The van der Waals surface area contributed by atoms with Crippen molar-refractivity contribution in [3.05, 3.63) is 76.6 Å². The molecule has 0 unspecified atom stereocenters. The maximum atomic E-state index is 11.8. The van der Waals surface area contributed by atoms with Gasteiger partial charge in [0.05, 0.1) is 14.2 Å². The van der Waals surface area contributed by atoms with Gasteiger partial charge in [0.1, 0.15) is 0 Å². The van der Waals surface area contributed by atoms with Crippen LogP contribution in [0.4, 0.5) is 0 Å². The van der Waals surface area contributed by atoms with Crippen LogP contribution in [0.5, 0.6) is 0 Å². The number of nitrogens with zero attached hydrogens (tertiary/aromatic N) is 1. The minimum absolute atomic E-state index is 0.162. The lowest BCUT2D eigenvalue weighted by atomic mass is 10.1. The van der Waals surface area contributed by atoms with E-state index >= 15 is 0 Å². The van der Waals surface area contributed by atoms with Crippen molar-refractivity contribution in [1.29, 1.82) is 0 Å². The second kappa shape index (κ2) is 7.45. The number of fused-ring (bicyclic) bond motifs is 1. The lowest BCUT2D eigenvalue weighted by Gasteiger charge is -2.10. The van der Waals surface area contributed by atoms with E-state index in [9.17, 15) is 4.79 Å². The van der Waals surface area contributed by atoms with Gasteiger partial charge < -0.3 is 14.0 Å². The number of hydrogen-bond donors (Lipinski definition) is 0. The van der Waals surface area contributed by atoms with Gasteiger partial charge in [-0.3, -0.25) is 0 Å². The third-order valence-electron chi connectivity index (χ3n) is 4.05. The topological polar surface area (TPSA) is 40.5 Å². The quantitative estimate of drug-likeness (QED) is 0.384. The fraction of sp³-hybridized carbons (Fsp3) is 0.150. The van der Waals surface area contributed by atoms with Crippen LogP contribution in [0.1, 0.15) is 11.1 Å². The molecule has 0 fully saturated rings. The number of methoxy groups -OCH3 is 2. The minimum Gasteiger partial charge on any atom is -0.490 e. The summed E-state index contributed by atoms with van der Waals surface area (Å²) < 4.78 is 12.0. The molecule has 25 heavy (non-hydrogen) atoms. The van der Waals surface area contributed by atoms with Gasteiger partial charge in [-0.05, 0) is 35.4 Å². The van der Waals surface area contributed by atoms with Gasteiger partial charge in [-0.1, -0.05) is 41.9 Å². The van der Waals surface area contributed by atoms with Crippen LogP contribution in [-0.4, -0.2) is 24.8 Å². The Balaban J connectivity index is 2.00. The summed E-state index contributed by atoms with van der Waals surface area (Å²) in [6.45, 7) is 0.648. The molecule has 128 valence electrons. The Hall–Kier alpha value is -2.72. The van der Waals surface area contributed by atoms with Crippen LogP contribution < -0.4 is 0 Å². The summed E-state index contributed by atoms with van der Waals surface area (Å²) in [5.74, 6) is -0.342. The summed E-state index contributed by atoms with van der Waals surface area (Å²) in [4.78, 5) is 11.8. The first-order valence-corrected chi connectivity index (χ1v) is 8.17. The van der Waals surface area contributed by atoms with Crippen molar-refractivity contribution < 1.29 is 14.3 Å². The van der Waals surface area contributed by atoms with Crippen molar-refractivity contribution >= 4 is 34.5 Å². The zero-order valence-electron chi connectivity index (χ0n) is 14.0. The van der Waals surface area contributed by atoms with Crippen molar-refractivity contribution in [2.75, 3.05) is 14.2 Å². The fourth-order valence-electron chi connectivity index (χ4n) is 2.77. The van der Waals surface area contributed by atoms with Gasteiger partial charge in [-0.15, -0.1) is 0 Å². The molecule has 0 saturated carbocycles. The van der Waals surface area contributed by atoms with Gasteiger partial charge >= 0.3 is 5.97 Å². The highest BCUT2D eigenvalue weighted by atomic mass is 35.5. The van der Waals surface area contributed by atoms with Gasteiger partial charge in [0.2, 0.25) is 5.76 Å². The fourth-order valence-corrected chi connectivity index (χ4v) is 3.00. The molecule has 0 aliphatic carbocycles. The highest BCUT2D eigenvalue weighted by molar-refractivity contribution is 6.35. The zero-order chi connectivity index (χ0) is 17.8. The first-order valence-electron chi connectivity index (χ1n) is 7.79. The Labute approximate surface area is 151 Å². The number of esters is 1. The van der Waals surface area contributed by atoms with E-state index in [0.29, 0.717) is 6.54 Å². The van der Waals surface area contributed by atoms with E-state index in [4.69, 9.17) is 21.1 Å². The predicted molar refractivity (Wildman–Crippen MR) is 99.5 cm³/mol. The largest absolute Gasteiger partial charge is 0.490 e. The predicted octanol–water partition coefficient (Wildman–Crippen LogP) is 4.50. The Morgan fingerprint density at radius 1 is 1.08 bits per heavy atom. The average Bonchev–Trinajstić information content (AvgIpc) is 3.04. The van der Waals surface area contributed by atoms with Crippen LogP contribution in [0.2, 0.25) is 5.02 Å². The van der Waals surface area contributed by atoms with Crippen LogP contribution in [-0.2, 0) is 20.8 Å². The molecule has 3 aromatic rings. The van der Waals surface area contributed by atoms with E-state index < -0.39 is 5.97 Å². The highest BCUT2D eigenvalue weighted by Gasteiger charge is 2.12. The molecule has 0 saturated heterocycles. The average molecular weight is 356 g/mol. The lowest BCUT2D eigenvalue weighted by molar-refractivity contribution is -0.139. The van der Waals surface area contributed by atoms with Crippen LogP contribution in [0.25, 0.3) is 17.0 Å². The summed E-state index contributed by atoms with van der Waals surface area (Å²) in [7, 11) is 2.78. The number of aromatic nitrogens is 1. The van der Waals surface area contributed by atoms with Crippen molar-refractivity contribution in [3.8, 4) is 0 Å². The number of hydrogen-bond acceptors (Lipinski definition) is 3. The van der Waals surface area contributed by atoms with Gasteiger partial charge in [0.15, 0.2) is 0 Å². The van der Waals surface area contributed by atoms with E-state index in [0.717, 1.165) is 27.1 Å². The molecule has 0 aliphatic rings. The molecule has 0 N–H and O–H groups in total. The van der Waals surface area contributed by atoms with Crippen LogP contribution >= 0.6 is 11.6 Å². The van der Waals surface area contributed by atoms with Gasteiger partial charge in [0, 0.05) is 28.7 Å². The Bertz CT molecular complexity index is 943. The van der Waals surface area contributed by atoms with Gasteiger partial charge in [0.25, 0.3) is 0 Å². The molecule has 2 aromatic carbocycles. The molecule has 0 aliphatic heterocycles. The molecule has 4 nitrogen and oxygen atoms in total. The maximum Gasteiger partial charge on any atom is 0.373 e. The number of ether oxygens (including phenoxy) is 2. The van der Waals surface area contributed by atoms with Crippen LogP contribution in [0.15, 0.2) is 60.5 Å². The van der Waals surface area contributed by atoms with E-state index in [2.05, 4.69) is 4.57 Å². The molecule has 0 radical (unpaired) electrons. The first-order chi connectivity index (χ1) is 12.1. The monoisotopic (exact) mass is 355 g/mol. The molecule has 5 heteroatoms. The Kier molecular flexibility index (Phi) is 5.10. The van der Waals surface area contributed by atoms with Gasteiger partial charge in [-0.25, -0.2) is 4.79 Å². The van der Waals surface area contributed by atoms with E-state index in [1.54, 1.807) is 6.08 Å². The van der Waals surface area contributed by atoms with Crippen LogP contribution in [0, 0.1) is 0 Å². The number of rotatable bonds is 5. The normalized spacial score (nSPS) is 11.6. The summed E-state index contributed by atoms with van der Waals surface area (Å²) in [5, 5.41) is 1.75. The Morgan fingerprint density at radius 2 is 1.88 bits per heavy atom. The molecule has 1 aromatic heterocycles. The summed E-state index contributed by atoms with van der Waals surface area (Å²) in [6, 6.07) is 15.7. The molecule has 3 rings (SSSR count). The summed E-state index contributed by atoms with van der Waals surface area (Å²) in [6.07, 6.45) is 3.70. The van der Waals surface area contributed by atoms with E-state index in [1.165, 1.54) is 14.2 Å². The second-order valence-electron chi connectivity index (χ2n) is 5.52. The number of benzene rings is 2. The van der Waals surface area contributed by atoms with E-state index in [1.807, 2.05) is 54.7 Å². The maximum absolute atomic E-state index is 11.8. The smallest absolute Gasteiger partial charge is 0.373 e. The summed E-state index contributed by atoms with van der Waals surface area (Å²) in [5.41, 5.74) is 3.01. The third-order valence-corrected chi connectivity index (χ3v) is 4.38. The van der Waals surface area contributed by atoms with E-state index in [-0.39, 0.29) is 5.76 Å². The highest BCUT2D eigenvalue weighted by Crippen LogP contribution is 2.25. The standard InChI is InChI=1S/C20H18ClNO3/c1-24-19(20(23)25-2)12-14-6-3-4-7-15(14)13-22-11-10-16-17(21)8-5-9-18(16)22/h3-12H,13H2,1-2H3. The molecule has 1 heterocycles. The number of carbonyl (C=O) groups is 1. The first kappa shape index (κ1) is 17.1. The third kappa shape index (κ3) is 3.54. The Morgan fingerprint density at radius 3 is 2.64 bits per heavy atom. The second-order valence-corrected chi connectivity index (χ2v) is 5.93. The van der Waals surface area contributed by atoms with Gasteiger partial charge in [-0.2, -0.15) is 0 Å². The molecular formula is C20H18ClNO3. The van der Waals surface area contributed by atoms with Crippen molar-refractivity contribution in [1.82, 2.24) is 4.57 Å². The van der Waals surface area contributed by atoms with Crippen LogP contribution in [0.3, 0.4) is 0 Å². The minimum atomic E-state index is -0.504. The number of halogens is 1. The van der Waals surface area contributed by atoms with Crippen molar-refractivity contribution in [3.63, 3.8) is 0 Å². The zero-order valence-corrected chi connectivity index (χ0v) is 14.8. The number of carbonyl (C=O) groups excluding carboxylic acids is 1. The molecule has 0 atom stereocenters. The molecule has 0 bridgehead atoms. The lowest BCUT2D eigenvalue weighted by Crippen LogP contribution is -2.07. The van der Waals surface area contributed by atoms with Crippen molar-refractivity contribution in [2.45, 2.75) is 6.54 Å².